The van der Waals surface area contributed by atoms with Crippen LogP contribution in [-0.2, 0) is 6.18 Å². The van der Waals surface area contributed by atoms with Crippen LogP contribution in [0.15, 0.2) is 53.5 Å². The predicted octanol–water partition coefficient (Wildman–Crippen LogP) is 4.32. The van der Waals surface area contributed by atoms with Gasteiger partial charge in [-0.15, -0.1) is 0 Å². The third-order valence-electron chi connectivity index (χ3n) is 3.75. The highest BCUT2D eigenvalue weighted by atomic mass is 32.1. The van der Waals surface area contributed by atoms with E-state index in [4.69, 9.17) is 12.2 Å². The SMILES string of the molecule is CN1C(=S)CN=C(c2ccccc2C(F)(F)F)c2ccccc21. The Kier molecular flexibility index (Phi) is 3.93. The van der Waals surface area contributed by atoms with Crippen molar-refractivity contribution in [2.45, 2.75) is 6.18 Å². The number of fused-ring (bicyclic) bond motifs is 1. The first-order valence-electron chi connectivity index (χ1n) is 6.96. The van der Waals surface area contributed by atoms with Gasteiger partial charge >= 0.3 is 6.18 Å². The van der Waals surface area contributed by atoms with Gasteiger partial charge in [0.2, 0.25) is 0 Å². The van der Waals surface area contributed by atoms with Crippen molar-refractivity contribution in [2.75, 3.05) is 18.5 Å². The lowest BCUT2D eigenvalue weighted by Gasteiger charge is -2.20. The van der Waals surface area contributed by atoms with Gasteiger partial charge in [0.15, 0.2) is 0 Å². The van der Waals surface area contributed by atoms with E-state index in [1.165, 1.54) is 12.1 Å². The van der Waals surface area contributed by atoms with Gasteiger partial charge in [-0.3, -0.25) is 4.99 Å². The van der Waals surface area contributed by atoms with Gasteiger partial charge in [-0.1, -0.05) is 48.6 Å². The molecule has 2 aromatic rings. The number of halogens is 3. The minimum Gasteiger partial charge on any atom is -0.337 e. The van der Waals surface area contributed by atoms with Crippen molar-refractivity contribution in [1.29, 1.82) is 0 Å². The molecule has 2 nitrogen and oxygen atoms in total. The Balaban J connectivity index is 2.25. The monoisotopic (exact) mass is 334 g/mol. The summed E-state index contributed by atoms with van der Waals surface area (Å²) < 4.78 is 40.0. The lowest BCUT2D eigenvalue weighted by atomic mass is 9.96. The van der Waals surface area contributed by atoms with E-state index in [0.717, 1.165) is 11.8 Å². The molecule has 0 amide bonds. The molecular weight excluding hydrogens is 321 g/mol. The third-order valence-corrected chi connectivity index (χ3v) is 4.16. The zero-order valence-corrected chi connectivity index (χ0v) is 13.1. The average molecular weight is 334 g/mol. The minimum atomic E-state index is -4.44. The van der Waals surface area contributed by atoms with E-state index in [-0.39, 0.29) is 12.1 Å². The molecule has 0 bridgehead atoms. The predicted molar refractivity (Wildman–Crippen MR) is 89.4 cm³/mol. The Bertz CT molecular complexity index is 796. The molecule has 3 rings (SSSR count). The van der Waals surface area contributed by atoms with Gasteiger partial charge in [0.25, 0.3) is 0 Å². The van der Waals surface area contributed by atoms with E-state index < -0.39 is 11.7 Å². The van der Waals surface area contributed by atoms with Crippen molar-refractivity contribution in [3.05, 3.63) is 65.2 Å². The van der Waals surface area contributed by atoms with Gasteiger partial charge < -0.3 is 4.90 Å². The summed E-state index contributed by atoms with van der Waals surface area (Å²) in [5, 5.41) is 0. The van der Waals surface area contributed by atoms with Gasteiger partial charge in [0.05, 0.1) is 23.5 Å². The molecule has 1 aliphatic rings. The number of para-hydroxylation sites is 1. The molecule has 118 valence electrons. The summed E-state index contributed by atoms with van der Waals surface area (Å²) in [4.78, 5) is 6.73. The van der Waals surface area contributed by atoms with Crippen molar-refractivity contribution >= 4 is 28.6 Å². The number of anilines is 1. The van der Waals surface area contributed by atoms with Crippen molar-refractivity contribution in [2.24, 2.45) is 4.99 Å². The van der Waals surface area contributed by atoms with E-state index >= 15 is 0 Å². The van der Waals surface area contributed by atoms with Crippen molar-refractivity contribution in [3.63, 3.8) is 0 Å². The summed E-state index contributed by atoms with van der Waals surface area (Å²) >= 11 is 5.30. The van der Waals surface area contributed by atoms with E-state index in [0.29, 0.717) is 16.3 Å². The number of alkyl halides is 3. The molecule has 0 spiro atoms. The molecule has 0 atom stereocenters. The number of hydrogen-bond acceptors (Lipinski definition) is 2. The largest absolute Gasteiger partial charge is 0.417 e. The summed E-state index contributed by atoms with van der Waals surface area (Å²) in [7, 11) is 1.80. The summed E-state index contributed by atoms with van der Waals surface area (Å²) in [6.07, 6.45) is -4.44. The van der Waals surface area contributed by atoms with Crippen molar-refractivity contribution in [3.8, 4) is 0 Å². The third kappa shape index (κ3) is 2.86. The van der Waals surface area contributed by atoms with Crippen LogP contribution in [0.25, 0.3) is 0 Å². The Morgan fingerprint density at radius 3 is 2.30 bits per heavy atom. The normalized spacial score (nSPS) is 15.0. The molecular formula is C17H13F3N2S. The zero-order chi connectivity index (χ0) is 16.6. The van der Waals surface area contributed by atoms with E-state index in [1.807, 2.05) is 12.1 Å². The highest BCUT2D eigenvalue weighted by molar-refractivity contribution is 7.80. The Morgan fingerprint density at radius 1 is 1.00 bits per heavy atom. The van der Waals surface area contributed by atoms with Crippen LogP contribution >= 0.6 is 12.2 Å². The van der Waals surface area contributed by atoms with E-state index in [2.05, 4.69) is 4.99 Å². The molecule has 0 radical (unpaired) electrons. The molecule has 0 saturated heterocycles. The Hall–Kier alpha value is -2.21. The maximum absolute atomic E-state index is 13.3. The van der Waals surface area contributed by atoms with Crippen LogP contribution < -0.4 is 4.90 Å². The molecule has 0 N–H and O–H groups in total. The summed E-state index contributed by atoms with van der Waals surface area (Å²) in [6, 6.07) is 12.7. The quantitative estimate of drug-likeness (QED) is 0.722. The molecule has 1 aliphatic heterocycles. The number of likely N-dealkylation sites (N-methyl/N-ethyl adjacent to an activating group) is 1. The van der Waals surface area contributed by atoms with Gasteiger partial charge in [-0.05, 0) is 12.1 Å². The summed E-state index contributed by atoms with van der Waals surface area (Å²) in [5.41, 5.74) is 1.10. The number of hydrogen-bond donors (Lipinski definition) is 0. The first-order chi connectivity index (χ1) is 10.9. The maximum atomic E-state index is 13.3. The van der Waals surface area contributed by atoms with Gasteiger partial charge in [0.1, 0.15) is 4.99 Å². The Labute approximate surface area is 137 Å². The highest BCUT2D eigenvalue weighted by Crippen LogP contribution is 2.35. The van der Waals surface area contributed by atoms with Gasteiger partial charge in [-0.2, -0.15) is 13.2 Å². The lowest BCUT2D eigenvalue weighted by molar-refractivity contribution is -0.137. The standard InChI is InChI=1S/C17H13F3N2S/c1-22-14-9-5-3-7-12(14)16(21-10-15(22)23)11-6-2-4-8-13(11)17(18,19)20/h2-9H,10H2,1H3. The highest BCUT2D eigenvalue weighted by Gasteiger charge is 2.35. The Morgan fingerprint density at radius 2 is 1.61 bits per heavy atom. The topological polar surface area (TPSA) is 15.6 Å². The van der Waals surface area contributed by atoms with Crippen LogP contribution in [-0.4, -0.2) is 24.3 Å². The molecule has 0 unspecified atom stereocenters. The fraction of sp³-hybridized carbons (Fsp3) is 0.176. The second-order valence-corrected chi connectivity index (χ2v) is 5.65. The molecule has 1 heterocycles. The van der Waals surface area contributed by atoms with Crippen LogP contribution in [0, 0.1) is 0 Å². The van der Waals surface area contributed by atoms with Crippen molar-refractivity contribution < 1.29 is 13.2 Å². The first kappa shape index (κ1) is 15.7. The van der Waals surface area contributed by atoms with Crippen LogP contribution in [0.3, 0.4) is 0 Å². The van der Waals surface area contributed by atoms with Crippen LogP contribution in [0.5, 0.6) is 0 Å². The molecule has 2 aromatic carbocycles. The first-order valence-corrected chi connectivity index (χ1v) is 7.37. The zero-order valence-electron chi connectivity index (χ0n) is 12.3. The number of nitrogens with zero attached hydrogens (tertiary/aromatic N) is 2. The minimum absolute atomic E-state index is 0.0746. The fourth-order valence-corrected chi connectivity index (χ4v) is 2.77. The van der Waals surface area contributed by atoms with Crippen molar-refractivity contribution in [1.82, 2.24) is 0 Å². The fourth-order valence-electron chi connectivity index (χ4n) is 2.61. The van der Waals surface area contributed by atoms with Crippen LogP contribution in [0.4, 0.5) is 18.9 Å². The molecule has 6 heteroatoms. The van der Waals surface area contributed by atoms with E-state index in [9.17, 15) is 13.2 Å². The molecule has 23 heavy (non-hydrogen) atoms. The molecule has 0 aromatic heterocycles. The average Bonchev–Trinajstić information content (AvgIpc) is 2.65. The van der Waals surface area contributed by atoms with Crippen LogP contribution in [0.1, 0.15) is 16.7 Å². The van der Waals surface area contributed by atoms with Crippen LogP contribution in [0.2, 0.25) is 0 Å². The number of aliphatic imine (C=N–C) groups is 1. The van der Waals surface area contributed by atoms with Gasteiger partial charge in [-0.25, -0.2) is 0 Å². The number of benzodiazepines with no additional fused rings is 1. The molecule has 0 saturated carbocycles. The number of benzene rings is 2. The number of rotatable bonds is 1. The van der Waals surface area contributed by atoms with E-state index in [1.54, 1.807) is 30.1 Å². The van der Waals surface area contributed by atoms with Gasteiger partial charge in [0, 0.05) is 18.2 Å². The summed E-state index contributed by atoms with van der Waals surface area (Å²) in [5.74, 6) is 0. The maximum Gasteiger partial charge on any atom is 0.417 e. The summed E-state index contributed by atoms with van der Waals surface area (Å²) in [6.45, 7) is 0.183. The number of thiocarbonyl (C=S) groups is 1. The molecule has 0 fully saturated rings. The second-order valence-electron chi connectivity index (χ2n) is 5.18. The molecule has 0 aliphatic carbocycles. The smallest absolute Gasteiger partial charge is 0.337 e. The second kappa shape index (κ2) is 5.77. The lowest BCUT2D eigenvalue weighted by Crippen LogP contribution is -2.26.